The second kappa shape index (κ2) is 11.3. The van der Waals surface area contributed by atoms with Crippen LogP contribution in [0.3, 0.4) is 0 Å². The Morgan fingerprint density at radius 1 is 0.789 bits per heavy atom. The summed E-state index contributed by atoms with van der Waals surface area (Å²) in [5.41, 5.74) is 6.12. The zero-order chi connectivity index (χ0) is 25.0. The third-order valence-corrected chi connectivity index (χ3v) is 6.07. The van der Waals surface area contributed by atoms with Crippen LogP contribution in [0.1, 0.15) is 0 Å². The summed E-state index contributed by atoms with van der Waals surface area (Å²) in [7, 11) is 1.96. The predicted octanol–water partition coefficient (Wildman–Crippen LogP) is 6.47. The summed E-state index contributed by atoms with van der Waals surface area (Å²) in [6.07, 6.45) is 7.57. The van der Waals surface area contributed by atoms with E-state index in [0.717, 1.165) is 44.6 Å². The first-order chi connectivity index (χ1) is 18.3. The second-order valence-electron chi connectivity index (χ2n) is 8.53. The van der Waals surface area contributed by atoms with Gasteiger partial charge in [0.1, 0.15) is 11.3 Å². The van der Waals surface area contributed by atoms with Crippen molar-refractivity contribution in [1.82, 2.24) is 14.5 Å². The number of rotatable bonds is 3. The fourth-order valence-corrected chi connectivity index (χ4v) is 4.36. The zero-order valence-electron chi connectivity index (χ0n) is 20.6. The molecule has 1 radical (unpaired) electrons. The van der Waals surface area contributed by atoms with Gasteiger partial charge in [-0.25, -0.2) is 4.98 Å². The van der Waals surface area contributed by atoms with E-state index in [-0.39, 0.29) is 20.1 Å². The van der Waals surface area contributed by atoms with E-state index in [9.17, 15) is 0 Å². The number of hydrogen-bond acceptors (Lipinski definition) is 2. The fraction of sp³-hybridized carbons (Fsp3) is 0.0312. The van der Waals surface area contributed by atoms with Crippen molar-refractivity contribution in [2.24, 2.45) is 0 Å². The minimum atomic E-state index is 0. The van der Waals surface area contributed by atoms with Crippen LogP contribution in [0.2, 0.25) is 0 Å². The first-order valence-corrected chi connectivity index (χ1v) is 12.0. The topological polar surface area (TPSA) is 36.7 Å². The number of pyridine rings is 2. The molecule has 6 heteroatoms. The number of nitrogens with zero attached hydrogens (tertiary/aromatic N) is 5. The molecule has 0 bridgehead atoms. The molecule has 0 N–H and O–H groups in total. The van der Waals surface area contributed by atoms with E-state index in [4.69, 9.17) is 0 Å². The first-order valence-electron chi connectivity index (χ1n) is 12.0. The SMILES string of the molecule is C[N+]1=C=[N+](c2[c-]cc3c4cccnc4n(-c4ccccc4)c3c2)C=C1.[Ir].[c-]1ccccc1-c1ccccn1. The molecular formula is C32H23IrN5. The number of hydrogen-bond donors (Lipinski definition) is 0. The van der Waals surface area contributed by atoms with Gasteiger partial charge in [0.25, 0.3) is 6.20 Å². The first kappa shape index (κ1) is 25.2. The molecule has 1 aliphatic rings. The van der Waals surface area contributed by atoms with Crippen LogP contribution in [0.5, 0.6) is 0 Å². The summed E-state index contributed by atoms with van der Waals surface area (Å²) < 4.78 is 6.04. The van der Waals surface area contributed by atoms with E-state index in [1.54, 1.807) is 6.20 Å². The molecule has 1 aliphatic heterocycles. The van der Waals surface area contributed by atoms with Gasteiger partial charge in [0.2, 0.25) is 6.20 Å². The van der Waals surface area contributed by atoms with E-state index in [1.807, 2.05) is 108 Å². The Balaban J connectivity index is 0.000000191. The van der Waals surface area contributed by atoms with Crippen molar-refractivity contribution in [3.63, 3.8) is 0 Å². The number of fused-ring (bicyclic) bond motifs is 3. The number of para-hydroxylation sites is 1. The molecule has 3 aromatic carbocycles. The molecule has 0 amide bonds. The molecule has 7 rings (SSSR count). The minimum Gasteiger partial charge on any atom is -0.318 e. The Morgan fingerprint density at radius 2 is 1.61 bits per heavy atom. The van der Waals surface area contributed by atoms with Gasteiger partial charge in [-0.15, -0.1) is 42.0 Å². The largest absolute Gasteiger partial charge is 0.493 e. The van der Waals surface area contributed by atoms with Crippen LogP contribution in [0.4, 0.5) is 5.69 Å². The van der Waals surface area contributed by atoms with Gasteiger partial charge in [-0.3, -0.25) is 0 Å². The van der Waals surface area contributed by atoms with Crippen LogP contribution in [0, 0.1) is 12.1 Å². The van der Waals surface area contributed by atoms with Gasteiger partial charge < -0.3 is 9.55 Å². The Kier molecular flexibility index (Phi) is 7.48. The molecule has 0 spiro atoms. The van der Waals surface area contributed by atoms with E-state index in [2.05, 4.69) is 56.9 Å². The summed E-state index contributed by atoms with van der Waals surface area (Å²) in [5.74, 6) is 0. The average Bonchev–Trinajstić information content (AvgIpc) is 3.55. The molecule has 0 saturated heterocycles. The Labute approximate surface area is 234 Å². The van der Waals surface area contributed by atoms with Gasteiger partial charge in [0.05, 0.1) is 0 Å². The van der Waals surface area contributed by atoms with E-state index < -0.39 is 0 Å². The van der Waals surface area contributed by atoms with Gasteiger partial charge in [-0.2, -0.15) is 6.07 Å². The van der Waals surface area contributed by atoms with Gasteiger partial charge in [-0.1, -0.05) is 57.0 Å². The third-order valence-electron chi connectivity index (χ3n) is 6.07. The van der Waals surface area contributed by atoms with Crippen LogP contribution in [-0.2, 0) is 20.1 Å². The summed E-state index contributed by atoms with van der Waals surface area (Å²) >= 11 is 0. The smallest absolute Gasteiger partial charge is 0.318 e. The molecule has 3 aromatic heterocycles. The molecule has 185 valence electrons. The van der Waals surface area contributed by atoms with Crippen molar-refractivity contribution in [3.8, 4) is 16.9 Å². The Morgan fingerprint density at radius 3 is 2.34 bits per heavy atom. The maximum atomic E-state index is 4.63. The molecule has 0 fully saturated rings. The fourth-order valence-electron chi connectivity index (χ4n) is 4.36. The maximum Gasteiger partial charge on any atom is 0.493 e. The second-order valence-corrected chi connectivity index (χ2v) is 8.53. The van der Waals surface area contributed by atoms with Crippen LogP contribution in [0.15, 0.2) is 122 Å². The van der Waals surface area contributed by atoms with Gasteiger partial charge in [0, 0.05) is 38.2 Å². The Hall–Kier alpha value is -4.47. The van der Waals surface area contributed by atoms with Gasteiger partial charge in [-0.05, 0) is 40.9 Å². The summed E-state index contributed by atoms with van der Waals surface area (Å²) in [6, 6.07) is 42.0. The molecule has 4 heterocycles. The standard InChI is InChI=1S/C21H15N4.C11H8N.Ir/c1-23-12-13-24(15-23)17-9-10-18-19-8-5-11-22-21(19)25(20(18)14-17)16-6-3-2-4-7-16;1-2-6-10(7-3-1)11-8-4-5-9-12-11;/h2-8,10-14H,1H3;1-6,8-9H;/q+1;-1;. The van der Waals surface area contributed by atoms with Crippen molar-refractivity contribution in [3.05, 3.63) is 134 Å². The van der Waals surface area contributed by atoms with Crippen LogP contribution >= 0.6 is 0 Å². The minimum absolute atomic E-state index is 0. The van der Waals surface area contributed by atoms with Crippen LogP contribution < -0.4 is 0 Å². The van der Waals surface area contributed by atoms with E-state index >= 15 is 0 Å². The zero-order valence-corrected chi connectivity index (χ0v) is 23.0. The molecule has 6 aromatic rings. The summed E-state index contributed by atoms with van der Waals surface area (Å²) in [6.45, 7) is 0. The molecule has 38 heavy (non-hydrogen) atoms. The quantitative estimate of drug-likeness (QED) is 0.160. The molecule has 5 nitrogen and oxygen atoms in total. The van der Waals surface area contributed by atoms with Crippen LogP contribution in [0.25, 0.3) is 38.9 Å². The van der Waals surface area contributed by atoms with Crippen molar-refractivity contribution >= 4 is 33.6 Å². The van der Waals surface area contributed by atoms with E-state index in [0.29, 0.717) is 0 Å². The Bertz CT molecular complexity index is 1760. The van der Waals surface area contributed by atoms with E-state index in [1.165, 1.54) is 0 Å². The van der Waals surface area contributed by atoms with Crippen molar-refractivity contribution in [1.29, 1.82) is 0 Å². The third kappa shape index (κ3) is 5.02. The van der Waals surface area contributed by atoms with Gasteiger partial charge >= 0.3 is 6.01 Å². The average molecular weight is 670 g/mol. The molecule has 0 atom stereocenters. The molecule has 0 aliphatic carbocycles. The molecule has 0 saturated carbocycles. The number of benzene rings is 3. The van der Waals surface area contributed by atoms with Crippen LogP contribution in [-0.4, -0.2) is 36.7 Å². The number of aromatic nitrogens is 3. The van der Waals surface area contributed by atoms with Crippen molar-refractivity contribution in [2.75, 3.05) is 7.05 Å². The predicted molar refractivity (Wildman–Crippen MR) is 146 cm³/mol. The van der Waals surface area contributed by atoms with Crippen molar-refractivity contribution in [2.45, 2.75) is 0 Å². The molecular weight excluding hydrogens is 647 g/mol. The van der Waals surface area contributed by atoms with Crippen molar-refractivity contribution < 1.29 is 29.3 Å². The summed E-state index contributed by atoms with van der Waals surface area (Å²) in [5, 5.41) is 2.28. The summed E-state index contributed by atoms with van der Waals surface area (Å²) in [4.78, 5) is 8.85. The molecule has 0 unspecified atom stereocenters. The van der Waals surface area contributed by atoms with Gasteiger partial charge in [0.15, 0.2) is 7.05 Å². The monoisotopic (exact) mass is 670 g/mol. The maximum absolute atomic E-state index is 4.63. The normalized spacial score (nSPS) is 11.9.